The Morgan fingerprint density at radius 1 is 1.20 bits per heavy atom. The van der Waals surface area contributed by atoms with E-state index < -0.39 is 6.36 Å². The Morgan fingerprint density at radius 2 is 1.98 bits per heavy atom. The topological polar surface area (TPSA) is 93.9 Å². The van der Waals surface area contributed by atoms with Crippen molar-refractivity contribution in [2.24, 2.45) is 4.99 Å². The van der Waals surface area contributed by atoms with Gasteiger partial charge in [0.1, 0.15) is 17.3 Å². The molecule has 1 saturated heterocycles. The van der Waals surface area contributed by atoms with Crippen molar-refractivity contribution in [2.45, 2.75) is 39.1 Å². The van der Waals surface area contributed by atoms with E-state index in [9.17, 15) is 18.0 Å². The van der Waals surface area contributed by atoms with E-state index in [4.69, 9.17) is 4.74 Å². The van der Waals surface area contributed by atoms with Crippen molar-refractivity contribution in [3.05, 3.63) is 77.8 Å². The molecular formula is C28H31F3N6O3. The Morgan fingerprint density at radius 3 is 2.60 bits per heavy atom. The Bertz CT molecular complexity index is 1350. The molecule has 12 heteroatoms. The van der Waals surface area contributed by atoms with Crippen LogP contribution in [0.5, 0.6) is 5.75 Å². The largest absolute Gasteiger partial charge is 0.573 e. The van der Waals surface area contributed by atoms with Crippen molar-refractivity contribution in [2.75, 3.05) is 32.1 Å². The van der Waals surface area contributed by atoms with Gasteiger partial charge in [0.25, 0.3) is 0 Å². The van der Waals surface area contributed by atoms with Crippen LogP contribution in [0.1, 0.15) is 41.8 Å². The van der Waals surface area contributed by atoms with E-state index in [0.29, 0.717) is 29.9 Å². The molecule has 0 atom stereocenters. The van der Waals surface area contributed by atoms with E-state index in [-0.39, 0.29) is 17.6 Å². The highest BCUT2D eigenvalue weighted by Gasteiger charge is 2.31. The van der Waals surface area contributed by atoms with E-state index in [2.05, 4.69) is 31.7 Å². The van der Waals surface area contributed by atoms with Crippen LogP contribution in [-0.4, -0.2) is 64.6 Å². The fraction of sp³-hybridized carbons (Fsp3) is 0.357. The second-order valence-electron chi connectivity index (χ2n) is 9.28. The van der Waals surface area contributed by atoms with E-state index in [1.54, 1.807) is 10.9 Å². The van der Waals surface area contributed by atoms with Crippen LogP contribution in [0.4, 0.5) is 19.0 Å². The first-order chi connectivity index (χ1) is 19.1. The van der Waals surface area contributed by atoms with E-state index in [0.717, 1.165) is 49.6 Å². The molecule has 0 radical (unpaired) electrons. The zero-order valence-electron chi connectivity index (χ0n) is 22.4. The zero-order valence-corrected chi connectivity index (χ0v) is 22.4. The smallest absolute Gasteiger partial charge is 0.479 e. The molecular weight excluding hydrogens is 525 g/mol. The minimum Gasteiger partial charge on any atom is -0.479 e. The van der Waals surface area contributed by atoms with Gasteiger partial charge in [0.05, 0.1) is 19.4 Å². The molecule has 9 nitrogen and oxygen atoms in total. The second kappa shape index (κ2) is 12.7. The van der Waals surface area contributed by atoms with Gasteiger partial charge < -0.3 is 19.7 Å². The maximum atomic E-state index is 12.4. The lowest BCUT2D eigenvalue weighted by atomic mass is 10.2. The predicted molar refractivity (Wildman–Crippen MR) is 145 cm³/mol. The van der Waals surface area contributed by atoms with Crippen LogP contribution in [0.25, 0.3) is 5.70 Å². The summed E-state index contributed by atoms with van der Waals surface area (Å²) in [6, 6.07) is 11.0. The van der Waals surface area contributed by atoms with Crippen LogP contribution in [0.15, 0.2) is 60.2 Å². The fourth-order valence-electron chi connectivity index (χ4n) is 4.24. The van der Waals surface area contributed by atoms with E-state index in [1.807, 2.05) is 30.0 Å². The number of aryl methyl sites for hydroxylation is 1. The number of carbonyl (C=O) groups excluding carboxylic acids is 1. The molecule has 0 aliphatic carbocycles. The highest BCUT2D eigenvalue weighted by molar-refractivity contribution is 5.95. The van der Waals surface area contributed by atoms with Crippen LogP contribution in [-0.2, 0) is 16.1 Å². The number of alkyl halides is 3. The van der Waals surface area contributed by atoms with Crippen LogP contribution in [0, 0.1) is 6.92 Å². The standard InChI is InChI=1S/C28H31F3N6O3/c1-19-16-24(27(39-3)34-20(2)22-8-10-23(11-9-22)40-28(29,30)31)35-37(19)18-21-7-12-25(33-17-21)32-13-5-15-36-14-4-6-26(36)38/h7-12,16-17H,2,4-6,13-15,18H2,1,3H3,(H,32,33). The molecule has 1 aliphatic rings. The van der Waals surface area contributed by atoms with Crippen molar-refractivity contribution in [1.82, 2.24) is 19.7 Å². The molecule has 1 fully saturated rings. The molecule has 1 N–H and O–H groups in total. The molecule has 3 aromatic rings. The number of nitrogens with one attached hydrogen (secondary N) is 1. The number of hydrogen-bond acceptors (Lipinski definition) is 7. The number of halogens is 3. The van der Waals surface area contributed by atoms with Gasteiger partial charge in [0.2, 0.25) is 11.8 Å². The maximum Gasteiger partial charge on any atom is 0.573 e. The Balaban J connectivity index is 1.34. The lowest BCUT2D eigenvalue weighted by Crippen LogP contribution is -2.27. The summed E-state index contributed by atoms with van der Waals surface area (Å²) in [4.78, 5) is 22.5. The number of benzene rings is 1. The summed E-state index contributed by atoms with van der Waals surface area (Å²) in [5, 5.41) is 7.89. The average Bonchev–Trinajstić information content (AvgIpc) is 3.49. The Hall–Kier alpha value is -4.35. The summed E-state index contributed by atoms with van der Waals surface area (Å²) in [6.07, 6.45) is -0.514. The minimum absolute atomic E-state index is 0.218. The first-order valence-corrected chi connectivity index (χ1v) is 12.8. The van der Waals surface area contributed by atoms with Crippen molar-refractivity contribution < 1.29 is 27.4 Å². The van der Waals surface area contributed by atoms with Crippen molar-refractivity contribution >= 4 is 23.3 Å². The van der Waals surface area contributed by atoms with Gasteiger partial charge in [-0.1, -0.05) is 12.6 Å². The molecule has 1 amide bonds. The number of anilines is 1. The van der Waals surface area contributed by atoms with E-state index >= 15 is 0 Å². The van der Waals surface area contributed by atoms with Crippen molar-refractivity contribution in [3.8, 4) is 5.75 Å². The normalized spacial score (nSPS) is 14.0. The molecule has 40 heavy (non-hydrogen) atoms. The number of pyridine rings is 1. The summed E-state index contributed by atoms with van der Waals surface area (Å²) < 4.78 is 48.3. The first kappa shape index (κ1) is 28.7. The van der Waals surface area contributed by atoms with Gasteiger partial charge in [-0.15, -0.1) is 13.2 Å². The van der Waals surface area contributed by atoms with Crippen LogP contribution in [0.3, 0.4) is 0 Å². The molecule has 3 heterocycles. The number of nitrogens with zero attached hydrogens (tertiary/aromatic N) is 5. The molecule has 212 valence electrons. The van der Waals surface area contributed by atoms with Crippen LogP contribution in [0.2, 0.25) is 0 Å². The van der Waals surface area contributed by atoms with Gasteiger partial charge >= 0.3 is 6.36 Å². The van der Waals surface area contributed by atoms with Crippen molar-refractivity contribution in [3.63, 3.8) is 0 Å². The number of likely N-dealkylation sites (tertiary alicyclic amines) is 1. The van der Waals surface area contributed by atoms with Gasteiger partial charge in [-0.25, -0.2) is 9.98 Å². The Kier molecular flexibility index (Phi) is 9.08. The molecule has 0 saturated carbocycles. The number of amides is 1. The number of ether oxygens (including phenoxy) is 2. The fourth-order valence-corrected chi connectivity index (χ4v) is 4.24. The van der Waals surface area contributed by atoms with Gasteiger partial charge in [-0.05, 0) is 67.3 Å². The third kappa shape index (κ3) is 7.84. The summed E-state index contributed by atoms with van der Waals surface area (Å²) in [5.74, 6) is 0.889. The number of rotatable bonds is 11. The molecule has 1 aliphatic heterocycles. The molecule has 0 bridgehead atoms. The van der Waals surface area contributed by atoms with Crippen LogP contribution < -0.4 is 10.1 Å². The average molecular weight is 557 g/mol. The number of aromatic nitrogens is 3. The second-order valence-corrected chi connectivity index (χ2v) is 9.28. The minimum atomic E-state index is -4.76. The lowest BCUT2D eigenvalue weighted by Gasteiger charge is -2.15. The Labute approximate surface area is 230 Å². The number of aliphatic imine (C=N–C) groups is 1. The quantitative estimate of drug-likeness (QED) is 0.203. The first-order valence-electron chi connectivity index (χ1n) is 12.8. The highest BCUT2D eigenvalue weighted by Crippen LogP contribution is 2.25. The maximum absolute atomic E-state index is 12.4. The monoisotopic (exact) mass is 556 g/mol. The molecule has 1 aromatic carbocycles. The van der Waals surface area contributed by atoms with Crippen molar-refractivity contribution in [1.29, 1.82) is 0 Å². The van der Waals surface area contributed by atoms with Gasteiger partial charge in [0.15, 0.2) is 0 Å². The summed E-state index contributed by atoms with van der Waals surface area (Å²) >= 11 is 0. The van der Waals surface area contributed by atoms with Gasteiger partial charge in [0, 0.05) is 37.9 Å². The lowest BCUT2D eigenvalue weighted by molar-refractivity contribution is -0.274. The predicted octanol–water partition coefficient (Wildman–Crippen LogP) is 5.02. The SMILES string of the molecule is C=C(N=C(OC)c1cc(C)n(Cc2ccc(NCCCN3CCCC3=O)nc2)n1)c1ccc(OC(F)(F)F)cc1. The summed E-state index contributed by atoms with van der Waals surface area (Å²) in [7, 11) is 1.46. The molecule has 0 spiro atoms. The summed E-state index contributed by atoms with van der Waals surface area (Å²) in [5.41, 5.74) is 3.11. The molecule has 2 aromatic heterocycles. The highest BCUT2D eigenvalue weighted by atomic mass is 19.4. The molecule has 0 unspecified atom stereocenters. The molecule has 4 rings (SSSR count). The number of methoxy groups -OCH3 is 1. The number of hydrogen-bond donors (Lipinski definition) is 1. The third-order valence-electron chi connectivity index (χ3n) is 6.29. The summed E-state index contributed by atoms with van der Waals surface area (Å²) in [6.45, 7) is 8.63. The number of carbonyl (C=O) groups is 1. The zero-order chi connectivity index (χ0) is 28.7. The van der Waals surface area contributed by atoms with Gasteiger partial charge in [-0.2, -0.15) is 5.10 Å². The van der Waals surface area contributed by atoms with Gasteiger partial charge in [-0.3, -0.25) is 9.48 Å². The van der Waals surface area contributed by atoms with E-state index in [1.165, 1.54) is 31.4 Å². The van der Waals surface area contributed by atoms with Crippen LogP contribution >= 0.6 is 0 Å². The third-order valence-corrected chi connectivity index (χ3v) is 6.29.